The number of nitrogens with one attached hydrogen (secondary N) is 1. The van der Waals surface area contributed by atoms with Crippen LogP contribution in [0.15, 0.2) is 70.5 Å². The highest BCUT2D eigenvalue weighted by molar-refractivity contribution is 8.00. The Kier molecular flexibility index (Phi) is 8.92. The number of alkyl halides is 6. The molecule has 0 bridgehead atoms. The number of thioether (sulfide) groups is 1. The van der Waals surface area contributed by atoms with Crippen molar-refractivity contribution in [2.45, 2.75) is 30.9 Å². The molecule has 0 saturated carbocycles. The molecule has 2 heterocycles. The van der Waals surface area contributed by atoms with Crippen LogP contribution in [0, 0.1) is 24.4 Å². The predicted molar refractivity (Wildman–Crippen MR) is 152 cm³/mol. The molecule has 0 radical (unpaired) electrons. The number of ether oxygens (including phenoxy) is 1. The first-order valence-corrected chi connectivity index (χ1v) is 14.2. The Labute approximate surface area is 259 Å². The topological polar surface area (TPSA) is 52.5 Å². The highest BCUT2D eigenvalue weighted by atomic mass is 32.2. The predicted octanol–water partition coefficient (Wildman–Crippen LogP) is 8.33. The van der Waals surface area contributed by atoms with Crippen LogP contribution in [0.25, 0.3) is 22.5 Å². The molecule has 46 heavy (non-hydrogen) atoms. The highest BCUT2D eigenvalue weighted by Crippen LogP contribution is 2.44. The first-order chi connectivity index (χ1) is 21.6. The van der Waals surface area contributed by atoms with Crippen LogP contribution in [-0.2, 0) is 17.4 Å². The standard InChI is InChI=1S/C31H21F9N2O3S/c1-15-18(13-19-20(30(35,36)37)9-6-11-22(19)33)29-42(23(14-46-29)27(41-44-2)16-7-3-4-10-21(16)32)28(43)25(15)17-8-5-12-24(26(17)34)45-31(38,39)40/h3-12,41H,13-14H2,1-2H3. The van der Waals surface area contributed by atoms with Crippen molar-refractivity contribution < 1.29 is 49.1 Å². The van der Waals surface area contributed by atoms with Crippen LogP contribution in [0.3, 0.4) is 0 Å². The van der Waals surface area contributed by atoms with Gasteiger partial charge in [-0.25, -0.2) is 13.2 Å². The van der Waals surface area contributed by atoms with E-state index in [1.165, 1.54) is 32.2 Å². The van der Waals surface area contributed by atoms with Gasteiger partial charge in [0.15, 0.2) is 11.6 Å². The first-order valence-electron chi connectivity index (χ1n) is 13.2. The number of aromatic nitrogens is 1. The van der Waals surface area contributed by atoms with Gasteiger partial charge < -0.3 is 4.74 Å². The second kappa shape index (κ2) is 12.4. The maximum atomic E-state index is 15.7. The third kappa shape index (κ3) is 6.20. The Balaban J connectivity index is 1.87. The summed E-state index contributed by atoms with van der Waals surface area (Å²) in [6.07, 6.45) is -11.0. The molecule has 4 aromatic rings. The molecule has 0 saturated heterocycles. The van der Waals surface area contributed by atoms with Crippen molar-refractivity contribution in [1.82, 2.24) is 10.0 Å². The maximum Gasteiger partial charge on any atom is 0.573 e. The van der Waals surface area contributed by atoms with Gasteiger partial charge in [0.25, 0.3) is 5.56 Å². The SMILES string of the molecule is CONC(=C1CSc2c(Cc3c(F)cccc3C(F)(F)F)c(C)c(-c3cccc(OC(F)(F)F)c3F)c(=O)n21)c1ccccc1F. The molecular weight excluding hydrogens is 651 g/mol. The minimum Gasteiger partial charge on any atom is -0.403 e. The Morgan fingerprint density at radius 1 is 0.913 bits per heavy atom. The lowest BCUT2D eigenvalue weighted by molar-refractivity contribution is -0.275. The normalized spacial score (nSPS) is 14.3. The molecule has 1 aliphatic rings. The molecule has 0 aliphatic carbocycles. The van der Waals surface area contributed by atoms with E-state index in [1.54, 1.807) is 0 Å². The quantitative estimate of drug-likeness (QED) is 0.158. The number of hydrogen-bond donors (Lipinski definition) is 1. The van der Waals surface area contributed by atoms with E-state index >= 15 is 8.78 Å². The number of nitrogens with zero attached hydrogens (tertiary/aromatic N) is 1. The van der Waals surface area contributed by atoms with Crippen LogP contribution >= 0.6 is 11.8 Å². The number of hydrogen-bond acceptors (Lipinski definition) is 5. The highest BCUT2D eigenvalue weighted by Gasteiger charge is 2.37. The first kappa shape index (κ1) is 33.0. The van der Waals surface area contributed by atoms with Crippen molar-refractivity contribution in [2.24, 2.45) is 0 Å². The van der Waals surface area contributed by atoms with Gasteiger partial charge in [0.2, 0.25) is 0 Å². The van der Waals surface area contributed by atoms with Crippen molar-refractivity contribution in [1.29, 1.82) is 0 Å². The fourth-order valence-corrected chi connectivity index (χ4v) is 6.51. The lowest BCUT2D eigenvalue weighted by atomic mass is 9.92. The van der Waals surface area contributed by atoms with E-state index in [1.807, 2.05) is 0 Å². The van der Waals surface area contributed by atoms with Gasteiger partial charge in [-0.05, 0) is 48.4 Å². The molecule has 0 unspecified atom stereocenters. The summed E-state index contributed by atoms with van der Waals surface area (Å²) in [6.45, 7) is 1.27. The van der Waals surface area contributed by atoms with Crippen molar-refractivity contribution in [3.63, 3.8) is 0 Å². The van der Waals surface area contributed by atoms with Crippen LogP contribution in [0.5, 0.6) is 5.75 Å². The number of halogens is 9. The van der Waals surface area contributed by atoms with Crippen molar-refractivity contribution >= 4 is 23.2 Å². The Bertz CT molecular complexity index is 1920. The summed E-state index contributed by atoms with van der Waals surface area (Å²) in [5, 5.41) is 0.0347. The molecule has 5 nitrogen and oxygen atoms in total. The zero-order valence-electron chi connectivity index (χ0n) is 23.7. The average Bonchev–Trinajstić information content (AvgIpc) is 3.41. The molecule has 1 aromatic heterocycles. The number of hydroxylamine groups is 1. The van der Waals surface area contributed by atoms with Gasteiger partial charge >= 0.3 is 12.5 Å². The molecule has 3 aromatic carbocycles. The van der Waals surface area contributed by atoms with E-state index in [2.05, 4.69) is 10.2 Å². The van der Waals surface area contributed by atoms with Gasteiger partial charge in [0, 0.05) is 28.9 Å². The lowest BCUT2D eigenvalue weighted by Crippen LogP contribution is -2.27. The smallest absolute Gasteiger partial charge is 0.403 e. The van der Waals surface area contributed by atoms with E-state index in [9.17, 15) is 35.5 Å². The Hall–Kier alpha value is -4.37. The van der Waals surface area contributed by atoms with Gasteiger partial charge in [-0.2, -0.15) is 13.2 Å². The molecule has 0 amide bonds. The minimum absolute atomic E-state index is 0.0344. The molecule has 0 fully saturated rings. The number of fused-ring (bicyclic) bond motifs is 1. The second-order valence-corrected chi connectivity index (χ2v) is 10.9. The maximum absolute atomic E-state index is 15.7. The fraction of sp³-hybridized carbons (Fsp3) is 0.194. The molecule has 15 heteroatoms. The number of benzene rings is 3. The summed E-state index contributed by atoms with van der Waals surface area (Å²) >= 11 is 0.959. The third-order valence-electron chi connectivity index (χ3n) is 7.19. The summed E-state index contributed by atoms with van der Waals surface area (Å²) in [6, 6.07) is 10.5. The molecular formula is C31H21F9N2O3S. The number of rotatable bonds is 7. The zero-order valence-corrected chi connectivity index (χ0v) is 24.5. The summed E-state index contributed by atoms with van der Waals surface area (Å²) in [5.74, 6) is -4.87. The van der Waals surface area contributed by atoms with Crippen molar-refractivity contribution in [2.75, 3.05) is 12.9 Å². The van der Waals surface area contributed by atoms with Crippen LogP contribution < -0.4 is 15.8 Å². The van der Waals surface area contributed by atoms with Gasteiger partial charge in [-0.15, -0.1) is 24.9 Å². The third-order valence-corrected chi connectivity index (χ3v) is 8.31. The average molecular weight is 673 g/mol. The van der Waals surface area contributed by atoms with Crippen LogP contribution in [0.2, 0.25) is 0 Å². The largest absolute Gasteiger partial charge is 0.573 e. The minimum atomic E-state index is -5.29. The van der Waals surface area contributed by atoms with Gasteiger partial charge in [0.05, 0.1) is 34.7 Å². The Morgan fingerprint density at radius 3 is 2.24 bits per heavy atom. The summed E-state index contributed by atoms with van der Waals surface area (Å²) in [4.78, 5) is 19.3. The van der Waals surface area contributed by atoms with E-state index in [-0.39, 0.29) is 38.9 Å². The number of pyridine rings is 1. The zero-order chi connectivity index (χ0) is 33.6. The molecule has 242 valence electrons. The summed E-state index contributed by atoms with van der Waals surface area (Å²) < 4.78 is 132. The van der Waals surface area contributed by atoms with Crippen molar-refractivity contribution in [3.8, 4) is 16.9 Å². The van der Waals surface area contributed by atoms with Crippen LogP contribution in [0.1, 0.15) is 27.8 Å². The van der Waals surface area contributed by atoms with Crippen LogP contribution in [0.4, 0.5) is 39.5 Å². The van der Waals surface area contributed by atoms with Gasteiger partial charge in [0.1, 0.15) is 11.6 Å². The Morgan fingerprint density at radius 2 is 1.59 bits per heavy atom. The lowest BCUT2D eigenvalue weighted by Gasteiger charge is -2.21. The van der Waals surface area contributed by atoms with E-state index in [0.29, 0.717) is 12.1 Å². The summed E-state index contributed by atoms with van der Waals surface area (Å²) in [7, 11) is 1.21. The van der Waals surface area contributed by atoms with E-state index < -0.39 is 70.0 Å². The van der Waals surface area contributed by atoms with E-state index in [0.717, 1.165) is 46.7 Å². The molecule has 5 rings (SSSR count). The second-order valence-electron chi connectivity index (χ2n) is 9.93. The monoisotopic (exact) mass is 672 g/mol. The molecule has 1 aliphatic heterocycles. The summed E-state index contributed by atoms with van der Waals surface area (Å²) in [5.41, 5.74) is -1.99. The van der Waals surface area contributed by atoms with Crippen LogP contribution in [-0.4, -0.2) is 23.8 Å². The van der Waals surface area contributed by atoms with Gasteiger partial charge in [-0.3, -0.25) is 19.7 Å². The fourth-order valence-electron chi connectivity index (χ4n) is 5.24. The van der Waals surface area contributed by atoms with E-state index in [4.69, 9.17) is 4.84 Å². The molecule has 1 N–H and O–H groups in total. The van der Waals surface area contributed by atoms with Crippen molar-refractivity contribution in [3.05, 3.63) is 116 Å². The van der Waals surface area contributed by atoms with Gasteiger partial charge in [-0.1, -0.05) is 30.3 Å². The molecule has 0 spiro atoms. The molecule has 0 atom stereocenters.